The van der Waals surface area contributed by atoms with E-state index in [0.29, 0.717) is 17.0 Å². The first-order valence-corrected chi connectivity index (χ1v) is 8.79. The number of hydrogen-bond donors (Lipinski definition) is 0. The highest BCUT2D eigenvalue weighted by Crippen LogP contribution is 2.57. The average molecular weight is 351 g/mol. The summed E-state index contributed by atoms with van der Waals surface area (Å²) < 4.78 is 5.36. The molecule has 1 saturated heterocycles. The number of nitrogens with zero attached hydrogens (tertiary/aromatic N) is 1. The molecule has 4 rings (SSSR count). The molecule has 0 unspecified atom stereocenters. The lowest BCUT2D eigenvalue weighted by Gasteiger charge is -2.21. The van der Waals surface area contributed by atoms with E-state index >= 15 is 0 Å². The van der Waals surface area contributed by atoms with Crippen molar-refractivity contribution in [2.24, 2.45) is 23.7 Å². The second kappa shape index (κ2) is 5.66. The van der Waals surface area contributed by atoms with Gasteiger partial charge in [-0.05, 0) is 39.0 Å². The van der Waals surface area contributed by atoms with Crippen molar-refractivity contribution in [3.63, 3.8) is 0 Å². The molecule has 5 heteroatoms. The predicted octanol–water partition coefficient (Wildman–Crippen LogP) is 3.16. The molecule has 5 nitrogen and oxygen atoms in total. The summed E-state index contributed by atoms with van der Waals surface area (Å²) in [5, 5.41) is 0. The molecule has 1 aliphatic heterocycles. The highest BCUT2D eigenvalue weighted by Gasteiger charge is 2.62. The predicted molar refractivity (Wildman–Crippen MR) is 97.0 cm³/mol. The number of rotatable bonds is 3. The number of imide groups is 1. The second-order valence-corrected chi connectivity index (χ2v) is 7.40. The molecule has 2 amide bonds. The fourth-order valence-corrected chi connectivity index (χ4v) is 4.75. The number of methoxy groups -OCH3 is 1. The molecule has 2 aliphatic carbocycles. The van der Waals surface area contributed by atoms with Crippen molar-refractivity contribution in [3.8, 4) is 5.75 Å². The summed E-state index contributed by atoms with van der Waals surface area (Å²) in [6.45, 7) is 5.53. The van der Waals surface area contributed by atoms with Gasteiger partial charge >= 0.3 is 0 Å². The fraction of sp³-hybridized carbons (Fsp3) is 0.381. The van der Waals surface area contributed by atoms with Gasteiger partial charge in [-0.25, -0.2) is 4.90 Å². The number of hydrogen-bond acceptors (Lipinski definition) is 4. The lowest BCUT2D eigenvalue weighted by atomic mass is 9.85. The van der Waals surface area contributed by atoms with Gasteiger partial charge in [-0.1, -0.05) is 23.3 Å². The van der Waals surface area contributed by atoms with Crippen molar-refractivity contribution < 1.29 is 19.1 Å². The molecule has 0 N–H and O–H groups in total. The first-order valence-electron chi connectivity index (χ1n) is 8.79. The number of ether oxygens (including phenoxy) is 1. The van der Waals surface area contributed by atoms with Crippen LogP contribution in [0.5, 0.6) is 5.75 Å². The summed E-state index contributed by atoms with van der Waals surface area (Å²) in [7, 11) is 1.49. The van der Waals surface area contributed by atoms with Crippen LogP contribution >= 0.6 is 0 Å². The minimum absolute atomic E-state index is 0.00145. The minimum Gasteiger partial charge on any atom is -0.495 e. The number of carbonyl (C=O) groups is 3. The van der Waals surface area contributed by atoms with E-state index in [9.17, 15) is 14.4 Å². The van der Waals surface area contributed by atoms with Crippen LogP contribution in [0, 0.1) is 23.7 Å². The van der Waals surface area contributed by atoms with Crippen molar-refractivity contribution in [1.82, 2.24) is 0 Å². The molecular formula is C21H21NO4. The summed E-state index contributed by atoms with van der Waals surface area (Å²) in [5.74, 6) is -0.816. The number of allylic oxidation sites excluding steroid dienone is 4. The third kappa shape index (κ3) is 2.06. The van der Waals surface area contributed by atoms with Gasteiger partial charge in [0.1, 0.15) is 5.75 Å². The maximum absolute atomic E-state index is 13.2. The Morgan fingerprint density at radius 2 is 1.58 bits per heavy atom. The summed E-state index contributed by atoms with van der Waals surface area (Å²) in [6, 6.07) is 4.85. The SMILES string of the molecule is COc1ccc(C(C)=O)cc1N1C(=O)[C@@H]2[C@H](C1=O)[C@H]1C=C[C@H]2C1=C(C)C. The molecule has 1 saturated carbocycles. The normalized spacial score (nSPS) is 28.8. The zero-order valence-corrected chi connectivity index (χ0v) is 15.3. The van der Waals surface area contributed by atoms with Gasteiger partial charge in [-0.2, -0.15) is 0 Å². The molecule has 1 aromatic carbocycles. The average Bonchev–Trinajstić information content (AvgIpc) is 3.24. The number of ketones is 1. The van der Waals surface area contributed by atoms with Gasteiger partial charge in [-0.15, -0.1) is 0 Å². The third-order valence-corrected chi connectivity index (χ3v) is 5.82. The maximum Gasteiger partial charge on any atom is 0.238 e. The van der Waals surface area contributed by atoms with E-state index in [1.165, 1.54) is 30.1 Å². The molecule has 26 heavy (non-hydrogen) atoms. The lowest BCUT2D eigenvalue weighted by Crippen LogP contribution is -2.33. The van der Waals surface area contributed by atoms with Gasteiger partial charge < -0.3 is 4.74 Å². The van der Waals surface area contributed by atoms with Crippen molar-refractivity contribution in [3.05, 3.63) is 47.1 Å². The van der Waals surface area contributed by atoms with Crippen LogP contribution in [0.2, 0.25) is 0 Å². The Kier molecular flexibility index (Phi) is 3.65. The van der Waals surface area contributed by atoms with E-state index in [1.807, 2.05) is 13.8 Å². The molecule has 0 spiro atoms. The number of amides is 2. The third-order valence-electron chi connectivity index (χ3n) is 5.82. The Labute approximate surface area is 152 Å². The number of carbonyl (C=O) groups excluding carboxylic acids is 3. The van der Waals surface area contributed by atoms with Crippen LogP contribution in [0.3, 0.4) is 0 Å². The second-order valence-electron chi connectivity index (χ2n) is 7.40. The Morgan fingerprint density at radius 1 is 1.00 bits per heavy atom. The van der Waals surface area contributed by atoms with Crippen LogP contribution in [-0.4, -0.2) is 24.7 Å². The Balaban J connectivity index is 1.80. The molecule has 134 valence electrons. The van der Waals surface area contributed by atoms with E-state index in [1.54, 1.807) is 18.2 Å². The van der Waals surface area contributed by atoms with Gasteiger partial charge in [0.25, 0.3) is 0 Å². The van der Waals surface area contributed by atoms with Crippen LogP contribution in [0.4, 0.5) is 5.69 Å². The van der Waals surface area contributed by atoms with Crippen molar-refractivity contribution in [2.75, 3.05) is 12.0 Å². The highest BCUT2D eigenvalue weighted by atomic mass is 16.5. The number of benzene rings is 1. The van der Waals surface area contributed by atoms with Crippen molar-refractivity contribution in [2.45, 2.75) is 20.8 Å². The minimum atomic E-state index is -0.354. The van der Waals surface area contributed by atoms with Gasteiger partial charge in [-0.3, -0.25) is 14.4 Å². The van der Waals surface area contributed by atoms with E-state index < -0.39 is 0 Å². The van der Waals surface area contributed by atoms with Crippen LogP contribution < -0.4 is 9.64 Å². The molecule has 3 aliphatic rings. The fourth-order valence-electron chi connectivity index (χ4n) is 4.75. The molecule has 1 aromatic rings. The zero-order valence-electron chi connectivity index (χ0n) is 15.3. The molecule has 1 heterocycles. The first-order chi connectivity index (χ1) is 12.4. The van der Waals surface area contributed by atoms with Gasteiger partial charge in [0.05, 0.1) is 24.6 Å². The molecule has 2 fully saturated rings. The number of fused-ring (bicyclic) bond motifs is 5. The van der Waals surface area contributed by atoms with Gasteiger partial charge in [0.2, 0.25) is 11.8 Å². The summed E-state index contributed by atoms with van der Waals surface area (Å²) in [6.07, 6.45) is 4.12. The van der Waals surface area contributed by atoms with E-state index in [2.05, 4.69) is 12.2 Å². The largest absolute Gasteiger partial charge is 0.495 e. The van der Waals surface area contributed by atoms with Gasteiger partial charge in [0.15, 0.2) is 5.78 Å². The Bertz CT molecular complexity index is 873. The Morgan fingerprint density at radius 3 is 2.04 bits per heavy atom. The summed E-state index contributed by atoms with van der Waals surface area (Å²) in [4.78, 5) is 39.4. The maximum atomic E-state index is 13.2. The van der Waals surface area contributed by atoms with E-state index in [-0.39, 0.29) is 41.3 Å². The Hall–Kier alpha value is -2.69. The van der Waals surface area contributed by atoms with Crippen LogP contribution in [0.25, 0.3) is 0 Å². The number of Topliss-reactive ketones (excluding diaryl/α,β-unsaturated/α-hetero) is 1. The summed E-state index contributed by atoms with van der Waals surface area (Å²) in [5.41, 5.74) is 3.21. The monoisotopic (exact) mass is 351 g/mol. The van der Waals surface area contributed by atoms with Crippen LogP contribution in [-0.2, 0) is 9.59 Å². The summed E-state index contributed by atoms with van der Waals surface area (Å²) >= 11 is 0. The lowest BCUT2D eigenvalue weighted by molar-refractivity contribution is -0.123. The highest BCUT2D eigenvalue weighted by molar-refractivity contribution is 6.24. The molecule has 0 radical (unpaired) electrons. The van der Waals surface area contributed by atoms with Crippen molar-refractivity contribution >= 4 is 23.3 Å². The topological polar surface area (TPSA) is 63.7 Å². The molecule has 2 bridgehead atoms. The van der Waals surface area contributed by atoms with E-state index in [4.69, 9.17) is 4.74 Å². The number of anilines is 1. The quantitative estimate of drug-likeness (QED) is 0.477. The van der Waals surface area contributed by atoms with Crippen molar-refractivity contribution in [1.29, 1.82) is 0 Å². The van der Waals surface area contributed by atoms with Crippen LogP contribution in [0.15, 0.2) is 41.5 Å². The van der Waals surface area contributed by atoms with Crippen LogP contribution in [0.1, 0.15) is 31.1 Å². The first kappa shape index (κ1) is 16.8. The standard InChI is InChI=1S/C21H21NO4/c1-10(2)17-13-6-7-14(17)19-18(13)20(24)22(21(19)25)15-9-12(11(3)23)5-8-16(15)26-4/h5-9,13-14,18-19H,1-4H3/t13-,14-,18-,19+/m0/s1. The molecular weight excluding hydrogens is 330 g/mol. The van der Waals surface area contributed by atoms with Gasteiger partial charge in [0, 0.05) is 17.4 Å². The zero-order chi connectivity index (χ0) is 18.7. The molecule has 4 atom stereocenters. The van der Waals surface area contributed by atoms with E-state index in [0.717, 1.165) is 0 Å². The molecule has 0 aromatic heterocycles. The smallest absolute Gasteiger partial charge is 0.238 e.